The summed E-state index contributed by atoms with van der Waals surface area (Å²) in [6.07, 6.45) is 1.73. The van der Waals surface area contributed by atoms with E-state index in [0.29, 0.717) is 51.1 Å². The minimum atomic E-state index is -0.705. The summed E-state index contributed by atoms with van der Waals surface area (Å²) >= 11 is 0. The third-order valence-electron chi connectivity index (χ3n) is 7.67. The molecule has 0 spiro atoms. The van der Waals surface area contributed by atoms with E-state index in [-0.39, 0.29) is 36.9 Å². The molecule has 1 rings (SSSR count). The second kappa shape index (κ2) is 19.7. The molecule has 266 valence electrons. The molecule has 0 aromatic heterocycles. The van der Waals surface area contributed by atoms with Gasteiger partial charge >= 0.3 is 12.1 Å². The molecule has 1 aromatic rings. The number of hydrogen-bond donors (Lipinski definition) is 5. The van der Waals surface area contributed by atoms with Crippen LogP contribution in [0.3, 0.4) is 0 Å². The minimum absolute atomic E-state index is 0.0667. The van der Waals surface area contributed by atoms with Crippen molar-refractivity contribution in [2.45, 2.75) is 98.0 Å². The van der Waals surface area contributed by atoms with Gasteiger partial charge in [-0.05, 0) is 77.0 Å². The average Bonchev–Trinajstić information content (AvgIpc) is 2.96. The van der Waals surface area contributed by atoms with Gasteiger partial charge in [0.05, 0.1) is 17.8 Å². The number of amides is 6. The molecule has 14 heteroatoms. The van der Waals surface area contributed by atoms with Gasteiger partial charge in [0.15, 0.2) is 0 Å². The quantitative estimate of drug-likeness (QED) is 0.123. The molecule has 0 aliphatic rings. The highest BCUT2D eigenvalue weighted by atomic mass is 16.5. The fraction of sp³-hybridized carbons (Fsp3) is 0.667. The molecule has 0 heterocycles. The molecule has 0 saturated heterocycles. The molecule has 2 atom stereocenters. The molecule has 0 fully saturated rings. The lowest BCUT2D eigenvalue weighted by molar-refractivity contribution is -0.148. The van der Waals surface area contributed by atoms with E-state index in [2.05, 4.69) is 16.0 Å². The highest BCUT2D eigenvalue weighted by Gasteiger charge is 2.30. The predicted molar refractivity (Wildman–Crippen MR) is 179 cm³/mol. The fourth-order valence-electron chi connectivity index (χ4n) is 4.56. The van der Waals surface area contributed by atoms with E-state index >= 15 is 0 Å². The van der Waals surface area contributed by atoms with E-state index in [1.165, 1.54) is 4.90 Å². The Kier molecular flexibility index (Phi) is 17.2. The van der Waals surface area contributed by atoms with Crippen LogP contribution in [0.5, 0.6) is 0 Å². The monoisotopic (exact) mass is 664 g/mol. The van der Waals surface area contributed by atoms with Gasteiger partial charge in [0.25, 0.3) is 0 Å². The summed E-state index contributed by atoms with van der Waals surface area (Å²) in [6, 6.07) is 5.73. The Balaban J connectivity index is 2.35. The van der Waals surface area contributed by atoms with Crippen LogP contribution in [-0.2, 0) is 35.2 Å². The number of carbonyl (C=O) groups is 5. The predicted octanol–water partition coefficient (Wildman–Crippen LogP) is 3.27. The van der Waals surface area contributed by atoms with Crippen molar-refractivity contribution in [3.8, 4) is 0 Å². The number of urea groups is 1. The van der Waals surface area contributed by atoms with E-state index in [4.69, 9.17) is 25.7 Å². The number of likely N-dealkylation sites (N-methyl/N-ethyl adjacent to an activating group) is 1. The Morgan fingerprint density at radius 2 is 1.49 bits per heavy atom. The third kappa shape index (κ3) is 17.0. The van der Waals surface area contributed by atoms with Crippen LogP contribution >= 0.6 is 0 Å². The molecule has 47 heavy (non-hydrogen) atoms. The molecule has 0 bridgehead atoms. The first kappa shape index (κ1) is 41.1. The largest absolute Gasteiger partial charge is 0.445 e. The zero-order valence-corrected chi connectivity index (χ0v) is 29.3. The van der Waals surface area contributed by atoms with Crippen molar-refractivity contribution in [1.82, 2.24) is 15.5 Å². The van der Waals surface area contributed by atoms with Crippen LogP contribution < -0.4 is 27.4 Å². The van der Waals surface area contributed by atoms with Gasteiger partial charge in [0, 0.05) is 31.7 Å². The molecule has 6 amide bonds. The number of alkyl carbamates (subject to hydrolysis) is 1. The number of nitrogens with zero attached hydrogens (tertiary/aromatic N) is 1. The van der Waals surface area contributed by atoms with Crippen molar-refractivity contribution in [3.05, 3.63) is 29.8 Å². The second-order valence-corrected chi connectivity index (χ2v) is 13.3. The molecule has 1 aromatic carbocycles. The summed E-state index contributed by atoms with van der Waals surface area (Å²) in [5.41, 5.74) is 10.7. The van der Waals surface area contributed by atoms with Gasteiger partial charge in [-0.25, -0.2) is 9.59 Å². The van der Waals surface area contributed by atoms with Crippen molar-refractivity contribution in [2.24, 2.45) is 23.3 Å². The molecule has 2 unspecified atom stereocenters. The first-order valence-electron chi connectivity index (χ1n) is 16.0. The van der Waals surface area contributed by atoms with Crippen LogP contribution in [0.4, 0.5) is 15.3 Å². The molecule has 0 aliphatic heterocycles. The van der Waals surface area contributed by atoms with E-state index in [9.17, 15) is 24.0 Å². The van der Waals surface area contributed by atoms with Crippen molar-refractivity contribution >= 4 is 35.5 Å². The Bertz CT molecular complexity index is 1170. The first-order chi connectivity index (χ1) is 21.8. The molecule has 7 N–H and O–H groups in total. The SMILES string of the molecule is CC(CCCNC(N)=O)C(=O)Nc1ccc(COC(=O)NCCC(C)(C)OCCC(C)(C)OCC(=O)N(C)C(C(N)=O)C(C)C)cc1. The van der Waals surface area contributed by atoms with Gasteiger partial charge in [-0.1, -0.05) is 32.9 Å². The number of rotatable bonds is 21. The molecular weight excluding hydrogens is 608 g/mol. The summed E-state index contributed by atoms with van der Waals surface area (Å²) in [4.78, 5) is 61.0. The van der Waals surface area contributed by atoms with E-state index < -0.39 is 35.3 Å². The van der Waals surface area contributed by atoms with Gasteiger partial charge in [-0.2, -0.15) is 0 Å². The van der Waals surface area contributed by atoms with E-state index in [0.717, 1.165) is 5.56 Å². The summed E-state index contributed by atoms with van der Waals surface area (Å²) < 4.78 is 17.2. The number of anilines is 1. The highest BCUT2D eigenvalue weighted by molar-refractivity contribution is 5.92. The van der Waals surface area contributed by atoms with Crippen LogP contribution in [0, 0.1) is 11.8 Å². The number of ether oxygens (including phenoxy) is 3. The van der Waals surface area contributed by atoms with Crippen LogP contribution in [0.1, 0.15) is 79.7 Å². The number of nitrogens with two attached hydrogens (primary N) is 2. The maximum atomic E-state index is 12.6. The molecule has 0 saturated carbocycles. The van der Waals surface area contributed by atoms with Crippen molar-refractivity contribution < 1.29 is 38.2 Å². The maximum Gasteiger partial charge on any atom is 0.407 e. The van der Waals surface area contributed by atoms with Crippen molar-refractivity contribution in [2.75, 3.05) is 38.7 Å². The van der Waals surface area contributed by atoms with Gasteiger partial charge in [0.1, 0.15) is 19.3 Å². The van der Waals surface area contributed by atoms with Crippen LogP contribution in [0.25, 0.3) is 0 Å². The third-order valence-corrected chi connectivity index (χ3v) is 7.67. The Hall–Kier alpha value is -3.91. The lowest BCUT2D eigenvalue weighted by Gasteiger charge is -2.32. The van der Waals surface area contributed by atoms with Gasteiger partial charge in [-0.3, -0.25) is 14.4 Å². The van der Waals surface area contributed by atoms with Crippen LogP contribution in [-0.4, -0.2) is 85.3 Å². The molecule has 14 nitrogen and oxygen atoms in total. The topological polar surface area (TPSA) is 204 Å². The zero-order valence-electron chi connectivity index (χ0n) is 29.3. The fourth-order valence-corrected chi connectivity index (χ4v) is 4.56. The summed E-state index contributed by atoms with van der Waals surface area (Å²) in [5, 5.41) is 8.09. The van der Waals surface area contributed by atoms with Gasteiger partial charge in [-0.15, -0.1) is 0 Å². The Morgan fingerprint density at radius 3 is 2.06 bits per heavy atom. The summed E-state index contributed by atoms with van der Waals surface area (Å²) in [5.74, 6) is -1.37. The van der Waals surface area contributed by atoms with Crippen LogP contribution in [0.2, 0.25) is 0 Å². The highest BCUT2D eigenvalue weighted by Crippen LogP contribution is 2.20. The van der Waals surface area contributed by atoms with E-state index in [1.807, 2.05) is 48.5 Å². The average molecular weight is 665 g/mol. The smallest absolute Gasteiger partial charge is 0.407 e. The maximum absolute atomic E-state index is 12.6. The summed E-state index contributed by atoms with van der Waals surface area (Å²) in [6.45, 7) is 14.0. The number of carbonyl (C=O) groups excluding carboxylic acids is 5. The van der Waals surface area contributed by atoms with Crippen molar-refractivity contribution in [1.29, 1.82) is 0 Å². The minimum Gasteiger partial charge on any atom is -0.445 e. The molecular formula is C33H56N6O8. The number of benzene rings is 1. The van der Waals surface area contributed by atoms with Gasteiger partial charge in [0.2, 0.25) is 17.7 Å². The van der Waals surface area contributed by atoms with Gasteiger partial charge < -0.3 is 46.5 Å². The molecule has 0 radical (unpaired) electrons. The first-order valence-corrected chi connectivity index (χ1v) is 16.0. The lowest BCUT2D eigenvalue weighted by Crippen LogP contribution is -2.50. The summed E-state index contributed by atoms with van der Waals surface area (Å²) in [7, 11) is 1.55. The Labute approximate surface area is 279 Å². The molecule has 0 aliphatic carbocycles. The lowest BCUT2D eigenvalue weighted by atomic mass is 10.0. The number of nitrogens with one attached hydrogen (secondary N) is 3. The zero-order chi connectivity index (χ0) is 35.8. The number of primary amides is 2. The standard InChI is InChI=1S/C33H56N6O8/c1-22(2)27(28(34)41)39(8)26(40)21-47-33(6,7)16-19-46-32(4,5)15-18-37-31(44)45-20-24-11-13-25(14-12-24)38-29(42)23(3)10-9-17-36-30(35)43/h11-14,22-23,27H,9-10,15-21H2,1-8H3,(H2,34,41)(H,37,44)(H,38,42)(H3,35,36,43). The normalized spacial score (nSPS) is 13.0. The van der Waals surface area contributed by atoms with E-state index in [1.54, 1.807) is 31.3 Å². The second-order valence-electron chi connectivity index (χ2n) is 13.3. The van der Waals surface area contributed by atoms with Crippen molar-refractivity contribution in [3.63, 3.8) is 0 Å². The number of hydrogen-bond acceptors (Lipinski definition) is 8. The van der Waals surface area contributed by atoms with Crippen LogP contribution in [0.15, 0.2) is 24.3 Å². The Morgan fingerprint density at radius 1 is 0.872 bits per heavy atom.